The molecule has 6 heteroatoms. The van der Waals surface area contributed by atoms with Gasteiger partial charge in [-0.3, -0.25) is 9.59 Å². The lowest BCUT2D eigenvalue weighted by molar-refractivity contribution is -0.120. The minimum atomic E-state index is -0.292. The molecule has 3 aromatic rings. The number of ether oxygens (including phenoxy) is 1. The van der Waals surface area contributed by atoms with Crippen LogP contribution in [0.5, 0.6) is 5.75 Å². The van der Waals surface area contributed by atoms with Crippen molar-refractivity contribution in [2.24, 2.45) is 0 Å². The van der Waals surface area contributed by atoms with Crippen LogP contribution in [0, 0.1) is 0 Å². The molecule has 0 saturated heterocycles. The van der Waals surface area contributed by atoms with E-state index in [0.717, 1.165) is 12.0 Å². The minimum Gasteiger partial charge on any atom is -0.482 e. The number of amides is 2. The molecule has 0 unspecified atom stereocenters. The molecule has 2 amide bonds. The Morgan fingerprint density at radius 2 is 1.60 bits per heavy atom. The summed E-state index contributed by atoms with van der Waals surface area (Å²) >= 11 is 6.06. The summed E-state index contributed by atoms with van der Waals surface area (Å²) in [4.78, 5) is 26.8. The normalized spacial score (nSPS) is 10.3. The van der Waals surface area contributed by atoms with E-state index in [9.17, 15) is 9.59 Å². The average molecular weight is 423 g/mol. The summed E-state index contributed by atoms with van der Waals surface area (Å²) in [6.45, 7) is 0.314. The van der Waals surface area contributed by atoms with Crippen molar-refractivity contribution in [2.45, 2.75) is 6.42 Å². The molecule has 1 N–H and O–H groups in total. The monoisotopic (exact) mass is 422 g/mol. The van der Waals surface area contributed by atoms with Gasteiger partial charge in [-0.2, -0.15) is 0 Å². The van der Waals surface area contributed by atoms with Crippen LogP contribution in [0.4, 0.5) is 5.69 Å². The number of hydrogen-bond acceptors (Lipinski definition) is 3. The van der Waals surface area contributed by atoms with Crippen LogP contribution in [0.25, 0.3) is 0 Å². The molecule has 0 radical (unpaired) electrons. The first-order chi connectivity index (χ1) is 14.6. The highest BCUT2D eigenvalue weighted by Crippen LogP contribution is 2.24. The summed E-state index contributed by atoms with van der Waals surface area (Å²) in [7, 11) is 1.62. The molecule has 0 aliphatic heterocycles. The van der Waals surface area contributed by atoms with Gasteiger partial charge in [0.15, 0.2) is 6.61 Å². The molecule has 0 heterocycles. The first kappa shape index (κ1) is 21.4. The molecule has 0 aromatic heterocycles. The number of carbonyl (C=O) groups excluding carboxylic acids is 2. The molecule has 3 rings (SSSR count). The lowest BCUT2D eigenvalue weighted by Gasteiger charge is -2.21. The third-order valence-electron chi connectivity index (χ3n) is 4.61. The molecule has 3 aromatic carbocycles. The molecule has 154 valence electrons. The molecule has 0 bridgehead atoms. The Kier molecular flexibility index (Phi) is 7.46. The smallest absolute Gasteiger partial charge is 0.264 e. The van der Waals surface area contributed by atoms with Gasteiger partial charge in [-0.25, -0.2) is 0 Å². The van der Waals surface area contributed by atoms with Gasteiger partial charge >= 0.3 is 0 Å². The number of rotatable bonds is 8. The van der Waals surface area contributed by atoms with Crippen LogP contribution >= 0.6 is 11.6 Å². The minimum absolute atomic E-state index is 0.190. The van der Waals surface area contributed by atoms with Crippen LogP contribution in [0.1, 0.15) is 15.9 Å². The van der Waals surface area contributed by atoms with Gasteiger partial charge in [-0.15, -0.1) is 0 Å². The number of para-hydroxylation sites is 2. The van der Waals surface area contributed by atoms with E-state index in [4.69, 9.17) is 16.3 Å². The molecular weight excluding hydrogens is 400 g/mol. The number of benzene rings is 3. The number of hydrogen-bond donors (Lipinski definition) is 1. The Balaban J connectivity index is 1.62. The fourth-order valence-corrected chi connectivity index (χ4v) is 3.14. The fraction of sp³-hybridized carbons (Fsp3) is 0.167. The fourth-order valence-electron chi connectivity index (χ4n) is 2.95. The number of nitrogens with one attached hydrogen (secondary N) is 1. The van der Waals surface area contributed by atoms with Gasteiger partial charge in [0.2, 0.25) is 0 Å². The van der Waals surface area contributed by atoms with Crippen molar-refractivity contribution in [1.82, 2.24) is 5.32 Å². The SMILES string of the molecule is CN(C(=O)COc1ccccc1Cl)c1ccccc1C(=O)NCCc1ccccc1. The Morgan fingerprint density at radius 1 is 0.933 bits per heavy atom. The average Bonchev–Trinajstić information content (AvgIpc) is 2.78. The zero-order valence-corrected chi connectivity index (χ0v) is 17.4. The van der Waals surface area contributed by atoms with E-state index in [1.807, 2.05) is 30.3 Å². The molecular formula is C24H23ClN2O3. The van der Waals surface area contributed by atoms with Crippen molar-refractivity contribution in [1.29, 1.82) is 0 Å². The lowest BCUT2D eigenvalue weighted by atomic mass is 10.1. The van der Waals surface area contributed by atoms with Gasteiger partial charge in [0, 0.05) is 13.6 Å². The summed E-state index contributed by atoms with van der Waals surface area (Å²) in [5, 5.41) is 3.36. The molecule has 0 fully saturated rings. The number of carbonyl (C=O) groups is 2. The second kappa shape index (κ2) is 10.5. The number of nitrogens with zero attached hydrogens (tertiary/aromatic N) is 1. The Bertz CT molecular complexity index is 1010. The van der Waals surface area contributed by atoms with Gasteiger partial charge in [-0.1, -0.05) is 66.2 Å². The van der Waals surface area contributed by atoms with Crippen LogP contribution < -0.4 is 15.0 Å². The number of anilines is 1. The van der Waals surface area contributed by atoms with Gasteiger partial charge < -0.3 is 15.0 Å². The number of likely N-dealkylation sites (N-methyl/N-ethyl adjacent to an activating group) is 1. The summed E-state index contributed by atoms with van der Waals surface area (Å²) in [6.07, 6.45) is 0.731. The maximum absolute atomic E-state index is 12.7. The highest BCUT2D eigenvalue weighted by atomic mass is 35.5. The van der Waals surface area contributed by atoms with Crippen LogP contribution in [-0.4, -0.2) is 32.0 Å². The second-order valence-electron chi connectivity index (χ2n) is 6.68. The first-order valence-electron chi connectivity index (χ1n) is 9.61. The Morgan fingerprint density at radius 3 is 2.37 bits per heavy atom. The third kappa shape index (κ3) is 5.61. The Labute approximate surface area is 181 Å². The van der Waals surface area contributed by atoms with Crippen LogP contribution in [0.2, 0.25) is 5.02 Å². The summed E-state index contributed by atoms with van der Waals surface area (Å²) < 4.78 is 5.53. The predicted molar refractivity (Wildman–Crippen MR) is 119 cm³/mol. The maximum atomic E-state index is 12.7. The van der Waals surface area contributed by atoms with E-state index < -0.39 is 0 Å². The number of halogens is 1. The van der Waals surface area contributed by atoms with Crippen LogP contribution in [0.3, 0.4) is 0 Å². The van der Waals surface area contributed by atoms with Crippen molar-refractivity contribution in [3.8, 4) is 5.75 Å². The summed E-state index contributed by atoms with van der Waals surface area (Å²) in [5.74, 6) is -0.0829. The molecule has 0 aliphatic rings. The molecule has 0 saturated carbocycles. The third-order valence-corrected chi connectivity index (χ3v) is 4.93. The first-order valence-corrected chi connectivity index (χ1v) is 9.99. The van der Waals surface area contributed by atoms with Crippen LogP contribution in [0.15, 0.2) is 78.9 Å². The van der Waals surface area contributed by atoms with E-state index in [0.29, 0.717) is 28.6 Å². The zero-order chi connectivity index (χ0) is 21.3. The standard InChI is InChI=1S/C24H23ClN2O3/c1-27(23(28)17-30-22-14-8-6-12-20(22)25)21-13-7-5-11-19(21)24(29)26-16-15-18-9-3-2-4-10-18/h2-14H,15-17H2,1H3,(H,26,29). The van der Waals surface area contributed by atoms with Crippen molar-refractivity contribution in [3.05, 3.63) is 95.0 Å². The molecule has 0 spiro atoms. The van der Waals surface area contributed by atoms with Gasteiger partial charge in [0.1, 0.15) is 5.75 Å². The zero-order valence-electron chi connectivity index (χ0n) is 16.7. The molecule has 0 atom stereocenters. The summed E-state index contributed by atoms with van der Waals surface area (Å²) in [6, 6.07) is 23.9. The van der Waals surface area contributed by atoms with Crippen LogP contribution in [-0.2, 0) is 11.2 Å². The maximum Gasteiger partial charge on any atom is 0.264 e. The lowest BCUT2D eigenvalue weighted by Crippen LogP contribution is -2.34. The highest BCUT2D eigenvalue weighted by molar-refractivity contribution is 6.32. The van der Waals surface area contributed by atoms with Crippen molar-refractivity contribution in [3.63, 3.8) is 0 Å². The quantitative estimate of drug-likeness (QED) is 0.587. The van der Waals surface area contributed by atoms with Crippen molar-refractivity contribution < 1.29 is 14.3 Å². The predicted octanol–water partition coefficient (Wildman–Crippen LogP) is 4.35. The molecule has 0 aliphatic carbocycles. The van der Waals surface area contributed by atoms with Gasteiger partial charge in [0.25, 0.3) is 11.8 Å². The van der Waals surface area contributed by atoms with Gasteiger partial charge in [-0.05, 0) is 36.2 Å². The largest absolute Gasteiger partial charge is 0.482 e. The van der Waals surface area contributed by atoms with Gasteiger partial charge in [0.05, 0.1) is 16.3 Å². The Hall–Kier alpha value is -3.31. The van der Waals surface area contributed by atoms with Crippen molar-refractivity contribution >= 4 is 29.1 Å². The topological polar surface area (TPSA) is 58.6 Å². The highest BCUT2D eigenvalue weighted by Gasteiger charge is 2.19. The van der Waals surface area contributed by atoms with E-state index >= 15 is 0 Å². The van der Waals surface area contributed by atoms with Crippen molar-refractivity contribution in [2.75, 3.05) is 25.1 Å². The molecule has 30 heavy (non-hydrogen) atoms. The summed E-state index contributed by atoms with van der Waals surface area (Å²) in [5.41, 5.74) is 2.09. The molecule has 5 nitrogen and oxygen atoms in total. The van der Waals surface area contributed by atoms with E-state index in [2.05, 4.69) is 5.32 Å². The second-order valence-corrected chi connectivity index (χ2v) is 7.09. The van der Waals surface area contributed by atoms with E-state index in [1.165, 1.54) is 4.90 Å². The van der Waals surface area contributed by atoms with E-state index in [1.54, 1.807) is 55.6 Å². The van der Waals surface area contributed by atoms with E-state index in [-0.39, 0.29) is 18.4 Å².